The topological polar surface area (TPSA) is 20.3 Å². The van der Waals surface area contributed by atoms with Crippen molar-refractivity contribution >= 4 is 23.2 Å². The molecule has 0 aromatic heterocycles. The zero-order valence-corrected chi connectivity index (χ0v) is 10.5. The second kappa shape index (κ2) is 4.34. The fourth-order valence-corrected chi connectivity index (χ4v) is 3.07. The average Bonchev–Trinajstić information content (AvgIpc) is 2.93. The molecule has 1 aromatic rings. The van der Waals surface area contributed by atoms with E-state index in [0.29, 0.717) is 18.2 Å². The molecule has 1 saturated heterocycles. The molecule has 2 nitrogen and oxygen atoms in total. The summed E-state index contributed by atoms with van der Waals surface area (Å²) in [4.78, 5) is 13.8. The molecule has 0 N–H and O–H groups in total. The van der Waals surface area contributed by atoms with Gasteiger partial charge in [0.25, 0.3) is 0 Å². The van der Waals surface area contributed by atoms with Gasteiger partial charge in [0.1, 0.15) is 0 Å². The average molecular weight is 250 g/mol. The molecule has 1 unspecified atom stereocenters. The molecule has 1 fully saturated rings. The second-order valence-electron chi connectivity index (χ2n) is 5.04. The summed E-state index contributed by atoms with van der Waals surface area (Å²) in [6, 6.07) is 6.45. The van der Waals surface area contributed by atoms with Crippen molar-refractivity contribution in [1.29, 1.82) is 0 Å². The molecule has 1 heterocycles. The van der Waals surface area contributed by atoms with Crippen LogP contribution < -0.4 is 4.90 Å². The SMILES string of the molecule is O=C1CC(CCl)CN1c1ccc2c(c1)CCC2. The predicted molar refractivity (Wildman–Crippen MR) is 69.6 cm³/mol. The van der Waals surface area contributed by atoms with Gasteiger partial charge in [-0.1, -0.05) is 6.07 Å². The van der Waals surface area contributed by atoms with E-state index in [9.17, 15) is 4.79 Å². The molecule has 3 rings (SSSR count). The van der Waals surface area contributed by atoms with Crippen LogP contribution in [0.25, 0.3) is 0 Å². The Labute approximate surface area is 107 Å². The van der Waals surface area contributed by atoms with Gasteiger partial charge in [0, 0.05) is 24.5 Å². The Kier molecular flexibility index (Phi) is 2.83. The lowest BCUT2D eigenvalue weighted by atomic mass is 10.1. The number of alkyl halides is 1. The summed E-state index contributed by atoms with van der Waals surface area (Å²) in [5.74, 6) is 1.11. The van der Waals surface area contributed by atoms with Gasteiger partial charge in [0.05, 0.1) is 0 Å². The van der Waals surface area contributed by atoms with Crippen molar-refractivity contribution in [2.45, 2.75) is 25.7 Å². The number of aryl methyl sites for hydroxylation is 2. The molecule has 17 heavy (non-hydrogen) atoms. The van der Waals surface area contributed by atoms with E-state index in [0.717, 1.165) is 18.7 Å². The van der Waals surface area contributed by atoms with Crippen LogP contribution in [0.3, 0.4) is 0 Å². The minimum atomic E-state index is 0.216. The van der Waals surface area contributed by atoms with Gasteiger partial charge in [-0.05, 0) is 48.4 Å². The molecular formula is C14H16ClNO. The van der Waals surface area contributed by atoms with Gasteiger partial charge in [-0.2, -0.15) is 0 Å². The zero-order valence-electron chi connectivity index (χ0n) is 9.79. The number of benzene rings is 1. The molecule has 0 radical (unpaired) electrons. The largest absolute Gasteiger partial charge is 0.312 e. The number of fused-ring (bicyclic) bond motifs is 1. The molecule has 0 spiro atoms. The molecule has 1 amide bonds. The zero-order chi connectivity index (χ0) is 11.8. The van der Waals surface area contributed by atoms with Crippen LogP contribution in [0.5, 0.6) is 0 Å². The number of carbonyl (C=O) groups is 1. The van der Waals surface area contributed by atoms with Gasteiger partial charge < -0.3 is 4.90 Å². The Morgan fingerprint density at radius 2 is 2.12 bits per heavy atom. The fourth-order valence-electron chi connectivity index (χ4n) is 2.86. The Balaban J connectivity index is 1.87. The normalized spacial score (nSPS) is 23.2. The number of hydrogen-bond acceptors (Lipinski definition) is 1. The molecule has 1 atom stereocenters. The number of nitrogens with zero attached hydrogens (tertiary/aromatic N) is 1. The van der Waals surface area contributed by atoms with E-state index in [1.165, 1.54) is 24.0 Å². The first-order valence-electron chi connectivity index (χ1n) is 6.26. The lowest BCUT2D eigenvalue weighted by molar-refractivity contribution is -0.117. The number of rotatable bonds is 2. The van der Waals surface area contributed by atoms with Gasteiger partial charge in [0.2, 0.25) is 5.91 Å². The number of amides is 1. The van der Waals surface area contributed by atoms with E-state index in [2.05, 4.69) is 18.2 Å². The van der Waals surface area contributed by atoms with Crippen molar-refractivity contribution in [3.05, 3.63) is 29.3 Å². The van der Waals surface area contributed by atoms with Crippen molar-refractivity contribution in [3.8, 4) is 0 Å². The van der Waals surface area contributed by atoms with Crippen LogP contribution in [0.4, 0.5) is 5.69 Å². The molecule has 1 aliphatic heterocycles. The van der Waals surface area contributed by atoms with Gasteiger partial charge in [-0.15, -0.1) is 11.6 Å². The van der Waals surface area contributed by atoms with Crippen molar-refractivity contribution < 1.29 is 4.79 Å². The summed E-state index contributed by atoms with van der Waals surface area (Å²) in [6.45, 7) is 0.779. The Bertz CT molecular complexity index is 458. The molecule has 2 aliphatic rings. The molecule has 1 aromatic carbocycles. The predicted octanol–water partition coefficient (Wildman–Crippen LogP) is 2.77. The van der Waals surface area contributed by atoms with E-state index in [4.69, 9.17) is 11.6 Å². The smallest absolute Gasteiger partial charge is 0.227 e. The van der Waals surface area contributed by atoms with Crippen molar-refractivity contribution in [3.63, 3.8) is 0 Å². The first-order valence-corrected chi connectivity index (χ1v) is 6.79. The Morgan fingerprint density at radius 1 is 1.29 bits per heavy atom. The third-order valence-corrected chi connectivity index (χ3v) is 4.25. The minimum Gasteiger partial charge on any atom is -0.312 e. The van der Waals surface area contributed by atoms with Crippen molar-refractivity contribution in [2.24, 2.45) is 5.92 Å². The monoisotopic (exact) mass is 249 g/mol. The third-order valence-electron chi connectivity index (χ3n) is 3.82. The minimum absolute atomic E-state index is 0.216. The van der Waals surface area contributed by atoms with Gasteiger partial charge in [-0.3, -0.25) is 4.79 Å². The lowest BCUT2D eigenvalue weighted by Crippen LogP contribution is -2.24. The first-order chi connectivity index (χ1) is 8.28. The maximum atomic E-state index is 11.9. The standard InChI is InChI=1S/C14H16ClNO/c15-8-10-6-14(17)16(9-10)13-5-4-11-2-1-3-12(11)7-13/h4-5,7,10H,1-3,6,8-9H2. The molecule has 0 bridgehead atoms. The van der Waals surface area contributed by atoms with Crippen LogP contribution in [0.1, 0.15) is 24.0 Å². The summed E-state index contributed by atoms with van der Waals surface area (Å²) >= 11 is 5.84. The van der Waals surface area contributed by atoms with E-state index < -0.39 is 0 Å². The molecule has 3 heteroatoms. The van der Waals surface area contributed by atoms with Crippen LogP contribution in [0.2, 0.25) is 0 Å². The second-order valence-corrected chi connectivity index (χ2v) is 5.34. The first kappa shape index (κ1) is 11.1. The summed E-state index contributed by atoms with van der Waals surface area (Å²) in [6.07, 6.45) is 4.19. The molecule has 1 aliphatic carbocycles. The number of anilines is 1. The third kappa shape index (κ3) is 1.95. The number of halogens is 1. The van der Waals surface area contributed by atoms with Gasteiger partial charge in [-0.25, -0.2) is 0 Å². The highest BCUT2D eigenvalue weighted by molar-refractivity contribution is 6.18. The van der Waals surface area contributed by atoms with Crippen LogP contribution in [0, 0.1) is 5.92 Å². The van der Waals surface area contributed by atoms with E-state index >= 15 is 0 Å². The van der Waals surface area contributed by atoms with E-state index in [1.807, 2.05) is 4.90 Å². The van der Waals surface area contributed by atoms with Crippen LogP contribution in [-0.2, 0) is 17.6 Å². The highest BCUT2D eigenvalue weighted by Gasteiger charge is 2.30. The summed E-state index contributed by atoms with van der Waals surface area (Å²) in [5, 5.41) is 0. The van der Waals surface area contributed by atoms with Gasteiger partial charge >= 0.3 is 0 Å². The quantitative estimate of drug-likeness (QED) is 0.738. The Morgan fingerprint density at radius 3 is 2.88 bits per heavy atom. The summed E-state index contributed by atoms with van der Waals surface area (Å²) < 4.78 is 0. The number of carbonyl (C=O) groups excluding carboxylic acids is 1. The molecule has 0 saturated carbocycles. The number of hydrogen-bond donors (Lipinski definition) is 0. The molecule has 90 valence electrons. The van der Waals surface area contributed by atoms with E-state index in [-0.39, 0.29) is 5.91 Å². The lowest BCUT2D eigenvalue weighted by Gasteiger charge is -2.17. The Hall–Kier alpha value is -1.02. The van der Waals surface area contributed by atoms with Crippen LogP contribution in [0.15, 0.2) is 18.2 Å². The van der Waals surface area contributed by atoms with Crippen LogP contribution >= 0.6 is 11.6 Å². The van der Waals surface area contributed by atoms with Crippen molar-refractivity contribution in [1.82, 2.24) is 0 Å². The summed E-state index contributed by atoms with van der Waals surface area (Å²) in [5.41, 5.74) is 3.93. The highest BCUT2D eigenvalue weighted by Crippen LogP contribution is 2.30. The van der Waals surface area contributed by atoms with Gasteiger partial charge in [0.15, 0.2) is 0 Å². The summed E-state index contributed by atoms with van der Waals surface area (Å²) in [7, 11) is 0. The van der Waals surface area contributed by atoms with E-state index in [1.54, 1.807) is 0 Å². The highest BCUT2D eigenvalue weighted by atomic mass is 35.5. The molecular weight excluding hydrogens is 234 g/mol. The van der Waals surface area contributed by atoms with Crippen LogP contribution in [-0.4, -0.2) is 18.3 Å². The van der Waals surface area contributed by atoms with Crippen molar-refractivity contribution in [2.75, 3.05) is 17.3 Å². The fraction of sp³-hybridized carbons (Fsp3) is 0.500. The maximum absolute atomic E-state index is 11.9. The maximum Gasteiger partial charge on any atom is 0.227 e.